The van der Waals surface area contributed by atoms with E-state index in [1.807, 2.05) is 27.8 Å². The monoisotopic (exact) mass is 262 g/mol. The van der Waals surface area contributed by atoms with Gasteiger partial charge in [0.05, 0.1) is 28.5 Å². The van der Waals surface area contributed by atoms with Gasteiger partial charge in [0.2, 0.25) is 5.91 Å². The number of hydrogen-bond donors (Lipinski definition) is 2. The van der Waals surface area contributed by atoms with Crippen LogP contribution in [-0.2, 0) is 18.4 Å². The van der Waals surface area contributed by atoms with Gasteiger partial charge in [-0.25, -0.2) is 0 Å². The van der Waals surface area contributed by atoms with Crippen LogP contribution in [0.2, 0.25) is 0 Å². The largest absolute Gasteiger partial charge is 0.396 e. The average Bonchev–Trinajstić information content (AvgIpc) is 2.75. The Morgan fingerprint density at radius 2 is 2.00 bits per heavy atom. The van der Waals surface area contributed by atoms with Crippen LogP contribution in [0.3, 0.4) is 0 Å². The lowest BCUT2D eigenvalue weighted by molar-refractivity contribution is -0.116. The highest BCUT2D eigenvalue weighted by Gasteiger charge is 2.13. The van der Waals surface area contributed by atoms with Crippen molar-refractivity contribution in [2.75, 3.05) is 11.1 Å². The third-order valence-electron chi connectivity index (χ3n) is 3.02. The van der Waals surface area contributed by atoms with Crippen LogP contribution in [0, 0.1) is 20.8 Å². The number of nitrogens with one attached hydrogen (secondary N) is 1. The number of nitrogens with two attached hydrogens (primary N) is 1. The number of carbonyl (C=O) groups excluding carboxylic acids is 1. The molecule has 0 atom stereocenters. The van der Waals surface area contributed by atoms with Crippen molar-refractivity contribution in [2.24, 2.45) is 7.05 Å². The van der Waals surface area contributed by atoms with Crippen LogP contribution in [0.4, 0.5) is 11.4 Å². The molecule has 0 spiro atoms. The molecule has 7 heteroatoms. The fourth-order valence-electron chi connectivity index (χ4n) is 1.91. The summed E-state index contributed by atoms with van der Waals surface area (Å²) in [6.07, 6.45) is 1.77. The van der Waals surface area contributed by atoms with Crippen molar-refractivity contribution in [3.63, 3.8) is 0 Å². The normalized spacial score (nSPS) is 10.7. The number of rotatable bonds is 3. The molecule has 0 saturated heterocycles. The molecule has 0 fully saturated rings. The van der Waals surface area contributed by atoms with Gasteiger partial charge in [-0.15, -0.1) is 0 Å². The molecule has 7 nitrogen and oxygen atoms in total. The van der Waals surface area contributed by atoms with Crippen molar-refractivity contribution in [2.45, 2.75) is 27.3 Å². The molecular formula is C12H18N6O. The number of carbonyl (C=O) groups is 1. The van der Waals surface area contributed by atoms with Crippen molar-refractivity contribution in [1.82, 2.24) is 19.6 Å². The highest BCUT2D eigenvalue weighted by Crippen LogP contribution is 2.15. The summed E-state index contributed by atoms with van der Waals surface area (Å²) in [4.78, 5) is 12.0. The van der Waals surface area contributed by atoms with Gasteiger partial charge < -0.3 is 11.1 Å². The highest BCUT2D eigenvalue weighted by atomic mass is 16.2. The third kappa shape index (κ3) is 2.59. The molecule has 2 rings (SSSR count). The van der Waals surface area contributed by atoms with E-state index >= 15 is 0 Å². The van der Waals surface area contributed by atoms with E-state index in [9.17, 15) is 4.79 Å². The molecule has 0 aliphatic rings. The van der Waals surface area contributed by atoms with Crippen LogP contribution in [0.5, 0.6) is 0 Å². The maximum Gasteiger partial charge on any atom is 0.246 e. The lowest BCUT2D eigenvalue weighted by Crippen LogP contribution is -2.20. The second-order valence-corrected chi connectivity index (χ2v) is 4.59. The van der Waals surface area contributed by atoms with E-state index in [1.165, 1.54) is 0 Å². The summed E-state index contributed by atoms with van der Waals surface area (Å²) in [7, 11) is 1.81. The van der Waals surface area contributed by atoms with Crippen LogP contribution in [0.15, 0.2) is 6.20 Å². The standard InChI is InChI=1S/C12H18N6O/c1-7-10(5-17(4)15-7)14-11(19)6-18-9(3)12(13)8(2)16-18/h5H,6,13H2,1-4H3,(H,14,19). The molecular weight excluding hydrogens is 244 g/mol. The van der Waals surface area contributed by atoms with Crippen LogP contribution >= 0.6 is 0 Å². The number of aryl methyl sites for hydroxylation is 3. The fraction of sp³-hybridized carbons (Fsp3) is 0.417. The van der Waals surface area contributed by atoms with E-state index in [2.05, 4.69) is 15.5 Å². The Kier molecular flexibility index (Phi) is 3.28. The van der Waals surface area contributed by atoms with Crippen LogP contribution in [0.1, 0.15) is 17.1 Å². The molecule has 19 heavy (non-hydrogen) atoms. The number of hydrogen-bond acceptors (Lipinski definition) is 4. The molecule has 0 radical (unpaired) electrons. The predicted molar refractivity (Wildman–Crippen MR) is 72.7 cm³/mol. The smallest absolute Gasteiger partial charge is 0.246 e. The zero-order valence-electron chi connectivity index (χ0n) is 11.6. The Morgan fingerprint density at radius 3 is 2.47 bits per heavy atom. The summed E-state index contributed by atoms with van der Waals surface area (Å²) in [6.45, 7) is 5.65. The van der Waals surface area contributed by atoms with Gasteiger partial charge in [-0.2, -0.15) is 10.2 Å². The van der Waals surface area contributed by atoms with Gasteiger partial charge in [0.25, 0.3) is 0 Å². The third-order valence-corrected chi connectivity index (χ3v) is 3.02. The highest BCUT2D eigenvalue weighted by molar-refractivity contribution is 5.91. The topological polar surface area (TPSA) is 90.8 Å². The van der Waals surface area contributed by atoms with Gasteiger partial charge >= 0.3 is 0 Å². The molecule has 0 bridgehead atoms. The van der Waals surface area contributed by atoms with Gasteiger partial charge in [0.1, 0.15) is 6.54 Å². The number of nitrogens with zero attached hydrogens (tertiary/aromatic N) is 4. The van der Waals surface area contributed by atoms with Crippen molar-refractivity contribution < 1.29 is 4.79 Å². The van der Waals surface area contributed by atoms with E-state index < -0.39 is 0 Å². The molecule has 0 unspecified atom stereocenters. The van der Waals surface area contributed by atoms with E-state index in [-0.39, 0.29) is 12.5 Å². The molecule has 0 aliphatic carbocycles. The molecule has 0 aliphatic heterocycles. The number of aromatic nitrogens is 4. The number of nitrogen functional groups attached to an aromatic ring is 1. The second kappa shape index (κ2) is 4.75. The summed E-state index contributed by atoms with van der Waals surface area (Å²) >= 11 is 0. The Bertz CT molecular complexity index is 624. The summed E-state index contributed by atoms with van der Waals surface area (Å²) in [5, 5.41) is 11.2. The minimum absolute atomic E-state index is 0.137. The van der Waals surface area contributed by atoms with Crippen molar-refractivity contribution in [3.8, 4) is 0 Å². The zero-order valence-corrected chi connectivity index (χ0v) is 11.6. The molecule has 102 valence electrons. The average molecular weight is 262 g/mol. The fourth-order valence-corrected chi connectivity index (χ4v) is 1.91. The summed E-state index contributed by atoms with van der Waals surface area (Å²) in [6, 6.07) is 0. The lowest BCUT2D eigenvalue weighted by Gasteiger charge is -2.05. The van der Waals surface area contributed by atoms with E-state index in [1.54, 1.807) is 15.6 Å². The molecule has 2 aromatic rings. The lowest BCUT2D eigenvalue weighted by atomic mass is 10.3. The number of amides is 1. The quantitative estimate of drug-likeness (QED) is 0.854. The number of anilines is 2. The van der Waals surface area contributed by atoms with Crippen LogP contribution in [-0.4, -0.2) is 25.5 Å². The summed E-state index contributed by atoms with van der Waals surface area (Å²) in [5.41, 5.74) is 9.49. The minimum atomic E-state index is -0.151. The van der Waals surface area contributed by atoms with Gasteiger partial charge in [-0.05, 0) is 20.8 Å². The van der Waals surface area contributed by atoms with Gasteiger partial charge in [0.15, 0.2) is 0 Å². The molecule has 3 N–H and O–H groups in total. The van der Waals surface area contributed by atoms with Crippen LogP contribution in [0.25, 0.3) is 0 Å². The SMILES string of the molecule is Cc1nn(C)cc1NC(=O)Cn1nc(C)c(N)c1C. The first-order valence-corrected chi connectivity index (χ1v) is 5.98. The summed E-state index contributed by atoms with van der Waals surface area (Å²) in [5.74, 6) is -0.151. The molecule has 1 amide bonds. The second-order valence-electron chi connectivity index (χ2n) is 4.59. The first kappa shape index (κ1) is 13.1. The Labute approximate surface area is 111 Å². The zero-order chi connectivity index (χ0) is 14.2. The first-order chi connectivity index (χ1) is 8.88. The van der Waals surface area contributed by atoms with Gasteiger partial charge in [-0.3, -0.25) is 14.2 Å². The first-order valence-electron chi connectivity index (χ1n) is 5.98. The maximum atomic E-state index is 12.0. The van der Waals surface area contributed by atoms with Gasteiger partial charge in [-0.1, -0.05) is 0 Å². The maximum absolute atomic E-state index is 12.0. The predicted octanol–water partition coefficient (Wildman–Crippen LogP) is 0.763. The molecule has 0 saturated carbocycles. The Hall–Kier alpha value is -2.31. The van der Waals surface area contributed by atoms with Crippen molar-refractivity contribution in [3.05, 3.63) is 23.3 Å². The molecule has 2 heterocycles. The molecule has 2 aromatic heterocycles. The van der Waals surface area contributed by atoms with Crippen molar-refractivity contribution >= 4 is 17.3 Å². The Balaban J connectivity index is 2.09. The van der Waals surface area contributed by atoms with Gasteiger partial charge in [0, 0.05) is 13.2 Å². The summed E-state index contributed by atoms with van der Waals surface area (Å²) < 4.78 is 3.26. The van der Waals surface area contributed by atoms with E-state index in [0.29, 0.717) is 11.4 Å². The minimum Gasteiger partial charge on any atom is -0.396 e. The molecule has 0 aromatic carbocycles. The van der Waals surface area contributed by atoms with Crippen LogP contribution < -0.4 is 11.1 Å². The van der Waals surface area contributed by atoms with Crippen molar-refractivity contribution in [1.29, 1.82) is 0 Å². The van der Waals surface area contributed by atoms with E-state index in [0.717, 1.165) is 17.1 Å². The van der Waals surface area contributed by atoms with E-state index in [4.69, 9.17) is 5.73 Å². The Morgan fingerprint density at radius 1 is 1.32 bits per heavy atom.